The summed E-state index contributed by atoms with van der Waals surface area (Å²) in [5.74, 6) is 2.31. The zero-order chi connectivity index (χ0) is 17.1. The summed E-state index contributed by atoms with van der Waals surface area (Å²) in [6, 6.07) is 15.3. The van der Waals surface area contributed by atoms with Crippen molar-refractivity contribution in [3.8, 4) is 22.6 Å². The van der Waals surface area contributed by atoms with Crippen molar-refractivity contribution in [2.24, 2.45) is 10.9 Å². The van der Waals surface area contributed by atoms with Crippen LogP contribution in [0.25, 0.3) is 11.1 Å². The minimum Gasteiger partial charge on any atom is -0.454 e. The van der Waals surface area contributed by atoms with Gasteiger partial charge in [-0.2, -0.15) is 0 Å². The molecule has 1 fully saturated rings. The van der Waals surface area contributed by atoms with Crippen molar-refractivity contribution in [2.75, 3.05) is 13.3 Å². The van der Waals surface area contributed by atoms with E-state index in [9.17, 15) is 0 Å². The van der Waals surface area contributed by atoms with Crippen LogP contribution in [0, 0.1) is 5.92 Å². The number of nitrogens with one attached hydrogen (secondary N) is 1. The number of benzene rings is 2. The van der Waals surface area contributed by atoms with Crippen molar-refractivity contribution in [1.82, 2.24) is 5.32 Å². The Balaban J connectivity index is 1.31. The largest absolute Gasteiger partial charge is 0.454 e. The molecule has 2 aromatic carbocycles. The zero-order valence-electron chi connectivity index (χ0n) is 13.9. The molecule has 1 aliphatic heterocycles. The number of hydrogen-bond acceptors (Lipinski definition) is 5. The van der Waals surface area contributed by atoms with Crippen LogP contribution in [0.2, 0.25) is 0 Å². The van der Waals surface area contributed by atoms with Gasteiger partial charge in [-0.05, 0) is 59.8 Å². The molecule has 1 aliphatic carbocycles. The van der Waals surface area contributed by atoms with E-state index >= 15 is 0 Å². The lowest BCUT2D eigenvalue weighted by molar-refractivity contribution is 0.174. The van der Waals surface area contributed by atoms with Crippen LogP contribution in [0.15, 0.2) is 47.5 Å². The molecule has 0 radical (unpaired) electrons. The maximum atomic E-state index is 5.45. The van der Waals surface area contributed by atoms with Crippen LogP contribution in [-0.4, -0.2) is 24.5 Å². The standard InChI is InChI=1S/C20H20N2O2S/c25-12-21-10-15-7-18(8-15)22-11-14-1-3-16(4-2-14)17-5-6-19-20(9-17)24-13-23-19/h1-6,9,15,18,22H,7-8,10-11,13H2. The molecule has 0 spiro atoms. The Morgan fingerprint density at radius 2 is 1.80 bits per heavy atom. The van der Waals surface area contributed by atoms with E-state index < -0.39 is 0 Å². The number of aliphatic imine (C=N–C) groups is 1. The molecule has 0 bridgehead atoms. The van der Waals surface area contributed by atoms with Gasteiger partial charge in [0.05, 0.1) is 11.7 Å². The number of thiocarbonyl (C=S) groups is 1. The van der Waals surface area contributed by atoms with Crippen LogP contribution in [0.1, 0.15) is 18.4 Å². The summed E-state index contributed by atoms with van der Waals surface area (Å²) in [5, 5.41) is 6.06. The molecule has 4 nitrogen and oxygen atoms in total. The highest BCUT2D eigenvalue weighted by molar-refractivity contribution is 7.78. The van der Waals surface area contributed by atoms with Gasteiger partial charge in [-0.25, -0.2) is 4.99 Å². The van der Waals surface area contributed by atoms with E-state index in [0.29, 0.717) is 18.8 Å². The molecule has 1 heterocycles. The molecule has 2 aliphatic rings. The normalized spacial score (nSPS) is 20.6. The maximum absolute atomic E-state index is 5.45. The van der Waals surface area contributed by atoms with Crippen molar-refractivity contribution < 1.29 is 9.47 Å². The van der Waals surface area contributed by atoms with Crippen LogP contribution in [0.3, 0.4) is 0 Å². The number of ether oxygens (including phenoxy) is 2. The van der Waals surface area contributed by atoms with Crippen molar-refractivity contribution >= 4 is 17.4 Å². The highest BCUT2D eigenvalue weighted by Gasteiger charge is 2.28. The second-order valence-electron chi connectivity index (χ2n) is 6.61. The molecule has 4 rings (SSSR count). The Labute approximate surface area is 152 Å². The molecule has 0 saturated heterocycles. The first-order valence-electron chi connectivity index (χ1n) is 8.58. The molecule has 128 valence electrons. The summed E-state index contributed by atoms with van der Waals surface area (Å²) in [6.07, 6.45) is 2.35. The Morgan fingerprint density at radius 3 is 2.60 bits per heavy atom. The van der Waals surface area contributed by atoms with Gasteiger partial charge in [0.2, 0.25) is 6.79 Å². The summed E-state index contributed by atoms with van der Waals surface area (Å²) in [7, 11) is 0. The molecule has 5 heteroatoms. The van der Waals surface area contributed by atoms with Crippen LogP contribution >= 0.6 is 12.2 Å². The lowest BCUT2D eigenvalue weighted by Gasteiger charge is -2.34. The molecule has 0 atom stereocenters. The monoisotopic (exact) mass is 352 g/mol. The number of hydrogen-bond donors (Lipinski definition) is 1. The molecule has 1 N–H and O–H groups in total. The Morgan fingerprint density at radius 1 is 1.04 bits per heavy atom. The molecule has 0 amide bonds. The predicted molar refractivity (Wildman–Crippen MR) is 101 cm³/mol. The maximum Gasteiger partial charge on any atom is 0.231 e. The fraction of sp³-hybridized carbons (Fsp3) is 0.350. The third-order valence-electron chi connectivity index (χ3n) is 4.90. The van der Waals surface area contributed by atoms with Gasteiger partial charge in [-0.1, -0.05) is 30.3 Å². The molecule has 0 aromatic heterocycles. The average molecular weight is 352 g/mol. The zero-order valence-corrected chi connectivity index (χ0v) is 14.7. The lowest BCUT2D eigenvalue weighted by atomic mass is 9.80. The average Bonchev–Trinajstić information content (AvgIpc) is 3.08. The van der Waals surface area contributed by atoms with Gasteiger partial charge in [-0.15, -0.1) is 0 Å². The molecule has 1 saturated carbocycles. The Bertz CT molecular complexity index is 794. The van der Waals surface area contributed by atoms with Crippen LogP contribution < -0.4 is 14.8 Å². The SMILES string of the molecule is S=C=NCC1CC(NCc2ccc(-c3ccc4c(c3)OCO4)cc2)C1. The van der Waals surface area contributed by atoms with Gasteiger partial charge in [0.1, 0.15) is 0 Å². The molecule has 25 heavy (non-hydrogen) atoms. The van der Waals surface area contributed by atoms with Crippen LogP contribution in [-0.2, 0) is 6.54 Å². The third kappa shape index (κ3) is 3.74. The van der Waals surface area contributed by atoms with Crippen molar-refractivity contribution in [3.05, 3.63) is 48.0 Å². The fourth-order valence-corrected chi connectivity index (χ4v) is 3.45. The summed E-state index contributed by atoms with van der Waals surface area (Å²) in [5.41, 5.74) is 3.62. The molecule has 2 aromatic rings. The van der Waals surface area contributed by atoms with Gasteiger partial charge in [0.15, 0.2) is 11.5 Å². The van der Waals surface area contributed by atoms with Crippen LogP contribution in [0.4, 0.5) is 0 Å². The van der Waals surface area contributed by atoms with Gasteiger partial charge >= 0.3 is 0 Å². The minimum atomic E-state index is 0.309. The highest BCUT2D eigenvalue weighted by Crippen LogP contribution is 2.36. The van der Waals surface area contributed by atoms with E-state index in [0.717, 1.165) is 30.2 Å². The van der Waals surface area contributed by atoms with Gasteiger partial charge in [0.25, 0.3) is 0 Å². The lowest BCUT2D eigenvalue weighted by Crippen LogP contribution is -2.41. The number of fused-ring (bicyclic) bond motifs is 1. The summed E-state index contributed by atoms with van der Waals surface area (Å²) in [4.78, 5) is 4.03. The first kappa shape index (κ1) is 16.3. The van der Waals surface area contributed by atoms with Crippen molar-refractivity contribution in [2.45, 2.75) is 25.4 Å². The Kier molecular flexibility index (Phi) is 4.79. The number of isothiocyanates is 1. The summed E-state index contributed by atoms with van der Waals surface area (Å²) in [6.45, 7) is 2.03. The molecular weight excluding hydrogens is 332 g/mol. The predicted octanol–water partition coefficient (Wildman–Crippen LogP) is 4.05. The van der Waals surface area contributed by atoms with Gasteiger partial charge in [0, 0.05) is 12.6 Å². The second-order valence-corrected chi connectivity index (χ2v) is 6.79. The van der Waals surface area contributed by atoms with Crippen molar-refractivity contribution in [1.29, 1.82) is 0 Å². The van der Waals surface area contributed by atoms with Gasteiger partial charge < -0.3 is 14.8 Å². The van der Waals surface area contributed by atoms with E-state index in [1.165, 1.54) is 24.0 Å². The number of rotatable bonds is 6. The topological polar surface area (TPSA) is 42.9 Å². The van der Waals surface area contributed by atoms with E-state index in [4.69, 9.17) is 9.47 Å². The van der Waals surface area contributed by atoms with E-state index in [1.54, 1.807) is 0 Å². The smallest absolute Gasteiger partial charge is 0.231 e. The van der Waals surface area contributed by atoms with Gasteiger partial charge in [-0.3, -0.25) is 0 Å². The molecular formula is C20H20N2O2S. The molecule has 0 unspecified atom stereocenters. The van der Waals surface area contributed by atoms with E-state index in [2.05, 4.69) is 58.0 Å². The third-order valence-corrected chi connectivity index (χ3v) is 5.03. The van der Waals surface area contributed by atoms with E-state index in [-0.39, 0.29) is 0 Å². The first-order valence-corrected chi connectivity index (χ1v) is 8.98. The second kappa shape index (κ2) is 7.36. The number of nitrogens with zero attached hydrogens (tertiary/aromatic N) is 1. The highest BCUT2D eigenvalue weighted by atomic mass is 32.1. The van der Waals surface area contributed by atoms with Crippen LogP contribution in [0.5, 0.6) is 11.5 Å². The minimum absolute atomic E-state index is 0.309. The quantitative estimate of drug-likeness (QED) is 0.629. The van der Waals surface area contributed by atoms with E-state index in [1.807, 2.05) is 12.1 Å². The summed E-state index contributed by atoms with van der Waals surface area (Å²) >= 11 is 4.61. The summed E-state index contributed by atoms with van der Waals surface area (Å²) < 4.78 is 10.8. The van der Waals surface area contributed by atoms with Crippen molar-refractivity contribution in [3.63, 3.8) is 0 Å². The fourth-order valence-electron chi connectivity index (χ4n) is 3.37. The first-order chi connectivity index (χ1) is 12.3. The Hall–Kier alpha value is -2.20.